The van der Waals surface area contributed by atoms with Gasteiger partial charge < -0.3 is 9.47 Å². The van der Waals surface area contributed by atoms with Gasteiger partial charge >= 0.3 is 0 Å². The Kier molecular flexibility index (Phi) is 6.05. The van der Waals surface area contributed by atoms with Gasteiger partial charge in [0.05, 0.1) is 17.7 Å². The van der Waals surface area contributed by atoms with Gasteiger partial charge in [-0.15, -0.1) is 0 Å². The van der Waals surface area contributed by atoms with E-state index in [-0.39, 0.29) is 5.82 Å². The number of hydrogen-bond donors (Lipinski definition) is 1. The summed E-state index contributed by atoms with van der Waals surface area (Å²) in [6.45, 7) is 1.47. The molecule has 0 heterocycles. The molecule has 0 aromatic heterocycles. The molecule has 0 spiro atoms. The van der Waals surface area contributed by atoms with E-state index in [1.807, 2.05) is 0 Å². The molecule has 1 rings (SSSR count). The van der Waals surface area contributed by atoms with E-state index in [0.29, 0.717) is 31.3 Å². The van der Waals surface area contributed by atoms with Crippen molar-refractivity contribution in [3.63, 3.8) is 0 Å². The van der Waals surface area contributed by atoms with Crippen molar-refractivity contribution in [1.82, 2.24) is 0 Å². The van der Waals surface area contributed by atoms with Crippen molar-refractivity contribution >= 4 is 28.6 Å². The summed E-state index contributed by atoms with van der Waals surface area (Å²) >= 11 is 7.27. The highest BCUT2D eigenvalue weighted by atomic mass is 79.9. The average molecular weight is 295 g/mol. The second kappa shape index (κ2) is 7.09. The van der Waals surface area contributed by atoms with Crippen LogP contribution in [0.2, 0.25) is 0 Å². The molecule has 2 nitrogen and oxygen atoms in total. The van der Waals surface area contributed by atoms with Crippen LogP contribution in [0.15, 0.2) is 22.7 Å². The summed E-state index contributed by atoms with van der Waals surface area (Å²) in [5.74, 6) is 0.859. The maximum absolute atomic E-state index is 12.8. The molecule has 0 saturated heterocycles. The second-order valence-corrected chi connectivity index (χ2v) is 4.06. The van der Waals surface area contributed by atoms with E-state index >= 15 is 0 Å². The maximum Gasteiger partial charge on any atom is 0.136 e. The SMILES string of the molecule is Fc1ccc(Br)c(OCCOCCS)c1. The number of hydrogen-bond acceptors (Lipinski definition) is 3. The Morgan fingerprint density at radius 2 is 2.07 bits per heavy atom. The normalized spacial score (nSPS) is 10.3. The van der Waals surface area contributed by atoms with Crippen molar-refractivity contribution in [2.24, 2.45) is 0 Å². The molecule has 1 aromatic rings. The van der Waals surface area contributed by atoms with Crippen molar-refractivity contribution < 1.29 is 13.9 Å². The number of thiol groups is 1. The van der Waals surface area contributed by atoms with Gasteiger partial charge in [-0.1, -0.05) is 0 Å². The Hall–Kier alpha value is -0.260. The van der Waals surface area contributed by atoms with Gasteiger partial charge in [0, 0.05) is 11.8 Å². The van der Waals surface area contributed by atoms with Crippen molar-refractivity contribution in [3.8, 4) is 5.75 Å². The Labute approximate surface area is 102 Å². The summed E-state index contributed by atoms with van der Waals surface area (Å²) < 4.78 is 24.1. The molecule has 84 valence electrons. The summed E-state index contributed by atoms with van der Waals surface area (Å²) in [5, 5.41) is 0. The average Bonchev–Trinajstić information content (AvgIpc) is 2.23. The lowest BCUT2D eigenvalue weighted by Gasteiger charge is -2.08. The van der Waals surface area contributed by atoms with Gasteiger partial charge in [-0.3, -0.25) is 0 Å². The summed E-state index contributed by atoms with van der Waals surface area (Å²) in [6.07, 6.45) is 0. The molecule has 0 aliphatic rings. The van der Waals surface area contributed by atoms with E-state index in [4.69, 9.17) is 9.47 Å². The lowest BCUT2D eigenvalue weighted by molar-refractivity contribution is 0.112. The first-order chi connectivity index (χ1) is 7.24. The predicted octanol–water partition coefficient (Wildman–Crippen LogP) is 2.91. The van der Waals surface area contributed by atoms with E-state index in [2.05, 4.69) is 28.6 Å². The minimum absolute atomic E-state index is 0.315. The third kappa shape index (κ3) is 4.86. The van der Waals surface area contributed by atoms with E-state index in [1.54, 1.807) is 6.07 Å². The molecule has 0 aliphatic carbocycles. The first kappa shape index (κ1) is 12.8. The Balaban J connectivity index is 2.33. The largest absolute Gasteiger partial charge is 0.490 e. The highest BCUT2D eigenvalue weighted by molar-refractivity contribution is 9.10. The minimum atomic E-state index is -0.315. The molecule has 0 bridgehead atoms. The van der Waals surface area contributed by atoms with E-state index in [1.165, 1.54) is 12.1 Å². The van der Waals surface area contributed by atoms with Crippen LogP contribution in [0.1, 0.15) is 0 Å². The van der Waals surface area contributed by atoms with Gasteiger partial charge in [0.1, 0.15) is 18.2 Å². The lowest BCUT2D eigenvalue weighted by Crippen LogP contribution is -2.08. The van der Waals surface area contributed by atoms with Gasteiger partial charge in [-0.05, 0) is 28.1 Å². The highest BCUT2D eigenvalue weighted by Gasteiger charge is 2.02. The van der Waals surface area contributed by atoms with Crippen LogP contribution >= 0.6 is 28.6 Å². The summed E-state index contributed by atoms with van der Waals surface area (Å²) in [6, 6.07) is 4.32. The maximum atomic E-state index is 12.8. The van der Waals surface area contributed by atoms with Crippen LogP contribution in [0, 0.1) is 5.82 Å². The lowest BCUT2D eigenvalue weighted by atomic mass is 10.3. The van der Waals surface area contributed by atoms with Gasteiger partial charge in [0.2, 0.25) is 0 Å². The van der Waals surface area contributed by atoms with Crippen molar-refractivity contribution in [2.75, 3.05) is 25.6 Å². The fourth-order valence-corrected chi connectivity index (χ4v) is 1.46. The Bertz CT molecular complexity index is 309. The molecule has 0 saturated carbocycles. The van der Waals surface area contributed by atoms with E-state index in [9.17, 15) is 4.39 Å². The molecule has 0 unspecified atom stereocenters. The van der Waals surface area contributed by atoms with E-state index < -0.39 is 0 Å². The van der Waals surface area contributed by atoms with Gasteiger partial charge in [-0.2, -0.15) is 12.6 Å². The summed E-state index contributed by atoms with van der Waals surface area (Å²) in [4.78, 5) is 0. The Morgan fingerprint density at radius 3 is 2.80 bits per heavy atom. The van der Waals surface area contributed by atoms with Crippen molar-refractivity contribution in [2.45, 2.75) is 0 Å². The second-order valence-electron chi connectivity index (χ2n) is 2.76. The zero-order valence-electron chi connectivity index (χ0n) is 8.08. The third-order valence-corrected chi connectivity index (χ3v) is 2.45. The van der Waals surface area contributed by atoms with Gasteiger partial charge in [-0.25, -0.2) is 4.39 Å². The monoisotopic (exact) mass is 294 g/mol. The van der Waals surface area contributed by atoms with Crippen molar-refractivity contribution in [3.05, 3.63) is 28.5 Å². The van der Waals surface area contributed by atoms with Crippen LogP contribution in [0.5, 0.6) is 5.75 Å². The smallest absolute Gasteiger partial charge is 0.136 e. The third-order valence-electron chi connectivity index (χ3n) is 1.61. The fraction of sp³-hybridized carbons (Fsp3) is 0.400. The highest BCUT2D eigenvalue weighted by Crippen LogP contribution is 2.25. The number of ether oxygens (including phenoxy) is 2. The van der Waals surface area contributed by atoms with Crippen LogP contribution in [-0.4, -0.2) is 25.6 Å². The Morgan fingerprint density at radius 1 is 1.27 bits per heavy atom. The molecule has 1 aromatic carbocycles. The summed E-state index contributed by atoms with van der Waals surface area (Å²) in [5.41, 5.74) is 0. The minimum Gasteiger partial charge on any atom is -0.490 e. The first-order valence-electron chi connectivity index (χ1n) is 4.50. The molecule has 0 radical (unpaired) electrons. The van der Waals surface area contributed by atoms with Crippen LogP contribution in [0.25, 0.3) is 0 Å². The zero-order valence-corrected chi connectivity index (χ0v) is 10.6. The predicted molar refractivity (Wildman–Crippen MR) is 64.3 cm³/mol. The molecule has 0 atom stereocenters. The molecule has 5 heteroatoms. The molecule has 0 fully saturated rings. The number of benzene rings is 1. The number of rotatable bonds is 6. The van der Waals surface area contributed by atoms with Crippen LogP contribution in [0.4, 0.5) is 4.39 Å². The van der Waals surface area contributed by atoms with Crippen LogP contribution in [-0.2, 0) is 4.74 Å². The standard InChI is InChI=1S/C10H12BrFO2S/c11-9-2-1-8(12)7-10(9)14-4-3-13-5-6-15/h1-2,7,15H,3-6H2. The quantitative estimate of drug-likeness (QED) is 0.642. The van der Waals surface area contributed by atoms with Gasteiger partial charge in [0.15, 0.2) is 0 Å². The molecule has 0 amide bonds. The zero-order chi connectivity index (χ0) is 11.1. The van der Waals surface area contributed by atoms with Crippen LogP contribution in [0.3, 0.4) is 0 Å². The molecule has 15 heavy (non-hydrogen) atoms. The fourth-order valence-electron chi connectivity index (χ4n) is 0.965. The van der Waals surface area contributed by atoms with Crippen LogP contribution < -0.4 is 4.74 Å². The molecular formula is C10H12BrFO2S. The molecule has 0 N–H and O–H groups in total. The van der Waals surface area contributed by atoms with E-state index in [0.717, 1.165) is 4.47 Å². The number of halogens is 2. The topological polar surface area (TPSA) is 18.5 Å². The molecule has 0 aliphatic heterocycles. The first-order valence-corrected chi connectivity index (χ1v) is 5.93. The molecular weight excluding hydrogens is 283 g/mol. The van der Waals surface area contributed by atoms with Gasteiger partial charge in [0.25, 0.3) is 0 Å². The van der Waals surface area contributed by atoms with Crippen molar-refractivity contribution in [1.29, 1.82) is 0 Å². The summed E-state index contributed by atoms with van der Waals surface area (Å²) in [7, 11) is 0.